The zero-order valence-electron chi connectivity index (χ0n) is 43.1. The monoisotopic (exact) mass is 927 g/mol. The first-order valence-corrected chi connectivity index (χ1v) is 27.0. The smallest absolute Gasteiger partial charge is 0.306 e. The van der Waals surface area contributed by atoms with E-state index in [9.17, 15) is 14.4 Å². The quantitative estimate of drug-likeness (QED) is 0.0262. The highest BCUT2D eigenvalue weighted by Crippen LogP contribution is 2.14. The average Bonchev–Trinajstić information content (AvgIpc) is 3.33. The van der Waals surface area contributed by atoms with Crippen molar-refractivity contribution in [1.82, 2.24) is 0 Å². The molecule has 0 heterocycles. The van der Waals surface area contributed by atoms with E-state index in [4.69, 9.17) is 14.2 Å². The Morgan fingerprint density at radius 3 is 1.06 bits per heavy atom. The summed E-state index contributed by atoms with van der Waals surface area (Å²) in [5.41, 5.74) is 0. The summed E-state index contributed by atoms with van der Waals surface area (Å²) >= 11 is 0. The first-order valence-electron chi connectivity index (χ1n) is 27.0. The maximum Gasteiger partial charge on any atom is 0.306 e. The molecule has 0 bridgehead atoms. The standard InChI is InChI=1S/C61H98O6/c1-4-7-10-13-16-19-22-25-27-29-30-32-33-36-39-42-45-48-51-54-60(63)66-57-58(56-65-59(62)53-50-47-44-41-38-35-24-21-18-15-12-9-6-3)67-61(64)55-52-49-46-43-40-37-34-31-28-26-23-20-17-14-11-8-5-2/h8-9,11-12,17-18,20-21,25-28,34-35,37-38,43-44,46-47,58H,4-7,10,13-16,19,22-24,29-33,36,39-42,45,48-57H2,1-3H3/b11-8-,12-9-,20-17-,21-18-,27-25-,28-26-,37-34-,38-35-,46-43-,47-44-. The van der Waals surface area contributed by atoms with Gasteiger partial charge >= 0.3 is 17.9 Å². The van der Waals surface area contributed by atoms with Gasteiger partial charge in [0.1, 0.15) is 13.2 Å². The molecule has 0 N–H and O–H groups in total. The van der Waals surface area contributed by atoms with Gasteiger partial charge in [-0.1, -0.05) is 219 Å². The van der Waals surface area contributed by atoms with Crippen LogP contribution in [-0.2, 0) is 28.6 Å². The van der Waals surface area contributed by atoms with Crippen LogP contribution < -0.4 is 0 Å². The molecule has 0 aliphatic rings. The van der Waals surface area contributed by atoms with Crippen LogP contribution in [0.2, 0.25) is 0 Å². The molecule has 0 aromatic carbocycles. The van der Waals surface area contributed by atoms with E-state index in [2.05, 4.69) is 130 Å². The summed E-state index contributed by atoms with van der Waals surface area (Å²) in [6.45, 7) is 6.28. The number of esters is 3. The lowest BCUT2D eigenvalue weighted by atomic mass is 10.1. The van der Waals surface area contributed by atoms with E-state index in [-0.39, 0.29) is 44.0 Å². The van der Waals surface area contributed by atoms with Crippen LogP contribution in [0.25, 0.3) is 0 Å². The lowest BCUT2D eigenvalue weighted by Crippen LogP contribution is -2.30. The molecule has 6 nitrogen and oxygen atoms in total. The first kappa shape index (κ1) is 62.8. The topological polar surface area (TPSA) is 78.9 Å². The van der Waals surface area contributed by atoms with Gasteiger partial charge in [0.25, 0.3) is 0 Å². The minimum atomic E-state index is -0.840. The number of hydrogen-bond donors (Lipinski definition) is 0. The zero-order valence-corrected chi connectivity index (χ0v) is 43.1. The molecule has 0 saturated heterocycles. The Morgan fingerprint density at radius 2 is 0.627 bits per heavy atom. The highest BCUT2D eigenvalue weighted by Gasteiger charge is 2.19. The Bertz CT molecular complexity index is 1440. The van der Waals surface area contributed by atoms with Crippen molar-refractivity contribution in [3.63, 3.8) is 0 Å². The van der Waals surface area contributed by atoms with E-state index < -0.39 is 6.10 Å². The number of unbranched alkanes of at least 4 members (excludes halogenated alkanes) is 16. The molecule has 0 radical (unpaired) electrons. The van der Waals surface area contributed by atoms with Crippen LogP contribution in [0, 0.1) is 0 Å². The maximum atomic E-state index is 12.8. The zero-order chi connectivity index (χ0) is 48.6. The second-order valence-corrected chi connectivity index (χ2v) is 17.4. The summed E-state index contributed by atoms with van der Waals surface area (Å²) in [5, 5.41) is 0. The van der Waals surface area contributed by atoms with Crippen LogP contribution in [0.5, 0.6) is 0 Å². The van der Waals surface area contributed by atoms with Crippen molar-refractivity contribution in [1.29, 1.82) is 0 Å². The largest absolute Gasteiger partial charge is 0.462 e. The van der Waals surface area contributed by atoms with Crippen molar-refractivity contribution in [2.45, 2.75) is 232 Å². The van der Waals surface area contributed by atoms with Crippen molar-refractivity contribution in [3.05, 3.63) is 122 Å². The Labute approximate surface area is 412 Å². The predicted molar refractivity (Wildman–Crippen MR) is 288 cm³/mol. The van der Waals surface area contributed by atoms with Gasteiger partial charge in [0.2, 0.25) is 0 Å². The molecular weight excluding hydrogens is 829 g/mol. The molecule has 0 aliphatic carbocycles. The summed E-state index contributed by atoms with van der Waals surface area (Å²) in [7, 11) is 0. The van der Waals surface area contributed by atoms with E-state index >= 15 is 0 Å². The molecule has 0 fully saturated rings. The van der Waals surface area contributed by atoms with Crippen molar-refractivity contribution >= 4 is 17.9 Å². The Morgan fingerprint density at radius 1 is 0.313 bits per heavy atom. The molecule has 0 aromatic heterocycles. The minimum Gasteiger partial charge on any atom is -0.462 e. The van der Waals surface area contributed by atoms with Crippen LogP contribution in [-0.4, -0.2) is 37.2 Å². The Kier molecular flexibility index (Phi) is 51.0. The second-order valence-electron chi connectivity index (χ2n) is 17.4. The van der Waals surface area contributed by atoms with Gasteiger partial charge in [-0.15, -0.1) is 0 Å². The number of allylic oxidation sites excluding steroid dienone is 20. The molecule has 0 amide bonds. The Hall–Kier alpha value is -4.19. The number of ether oxygens (including phenoxy) is 3. The van der Waals surface area contributed by atoms with E-state index in [0.29, 0.717) is 19.3 Å². The van der Waals surface area contributed by atoms with Gasteiger partial charge in [0, 0.05) is 19.3 Å². The molecule has 67 heavy (non-hydrogen) atoms. The molecule has 378 valence electrons. The number of carbonyl (C=O) groups is 3. The fraction of sp³-hybridized carbons (Fsp3) is 0.623. The summed E-state index contributed by atoms with van der Waals surface area (Å²) in [6.07, 6.45) is 74.9. The van der Waals surface area contributed by atoms with Crippen LogP contribution in [0.15, 0.2) is 122 Å². The van der Waals surface area contributed by atoms with Gasteiger partial charge in [-0.2, -0.15) is 0 Å². The molecule has 6 heteroatoms. The van der Waals surface area contributed by atoms with Crippen molar-refractivity contribution < 1.29 is 28.6 Å². The average molecular weight is 927 g/mol. The predicted octanol–water partition coefficient (Wildman–Crippen LogP) is 18.1. The number of hydrogen-bond acceptors (Lipinski definition) is 6. The molecule has 0 spiro atoms. The third-order valence-electron chi connectivity index (χ3n) is 10.9. The molecule has 1 atom stereocenters. The molecule has 1 unspecified atom stereocenters. The third-order valence-corrected chi connectivity index (χ3v) is 10.9. The van der Waals surface area contributed by atoms with Gasteiger partial charge < -0.3 is 14.2 Å². The molecule has 0 aromatic rings. The van der Waals surface area contributed by atoms with Crippen molar-refractivity contribution in [3.8, 4) is 0 Å². The molecule has 0 rings (SSSR count). The fourth-order valence-electron chi connectivity index (χ4n) is 6.96. The van der Waals surface area contributed by atoms with Crippen LogP contribution >= 0.6 is 0 Å². The minimum absolute atomic E-state index is 0.127. The van der Waals surface area contributed by atoms with E-state index in [1.54, 1.807) is 0 Å². The first-order chi connectivity index (χ1) is 33.0. The SMILES string of the molecule is CC/C=C\C/C=C\C/C=C\C/C=C\C/C=C\CCCC(=O)OC(COC(=O)CC/C=C\C/C=C\C/C=C\C/C=C\CC)COC(=O)CCCCCCCCCCC/C=C\CCCCCCCC. The van der Waals surface area contributed by atoms with Crippen molar-refractivity contribution in [2.24, 2.45) is 0 Å². The van der Waals surface area contributed by atoms with E-state index in [1.807, 2.05) is 12.2 Å². The summed E-state index contributed by atoms with van der Waals surface area (Å²) in [6, 6.07) is 0. The van der Waals surface area contributed by atoms with Crippen LogP contribution in [0.4, 0.5) is 0 Å². The molecule has 0 aliphatic heterocycles. The lowest BCUT2D eigenvalue weighted by molar-refractivity contribution is -0.166. The van der Waals surface area contributed by atoms with Gasteiger partial charge in [-0.05, 0) is 109 Å². The normalized spacial score (nSPS) is 13.1. The van der Waals surface area contributed by atoms with Crippen molar-refractivity contribution in [2.75, 3.05) is 13.2 Å². The molecular formula is C61H98O6. The highest BCUT2D eigenvalue weighted by molar-refractivity contribution is 5.71. The van der Waals surface area contributed by atoms with Gasteiger partial charge in [-0.3, -0.25) is 14.4 Å². The summed E-state index contributed by atoms with van der Waals surface area (Å²) in [4.78, 5) is 38.0. The fourth-order valence-corrected chi connectivity index (χ4v) is 6.96. The van der Waals surface area contributed by atoms with Crippen LogP contribution in [0.3, 0.4) is 0 Å². The molecule has 0 saturated carbocycles. The maximum absolute atomic E-state index is 12.8. The summed E-state index contributed by atoms with van der Waals surface area (Å²) in [5.74, 6) is -1.08. The Balaban J connectivity index is 4.53. The number of carbonyl (C=O) groups excluding carboxylic acids is 3. The van der Waals surface area contributed by atoms with Crippen LogP contribution in [0.1, 0.15) is 226 Å². The second kappa shape index (κ2) is 54.4. The van der Waals surface area contributed by atoms with Gasteiger partial charge in [-0.25, -0.2) is 0 Å². The summed E-state index contributed by atoms with van der Waals surface area (Å²) < 4.78 is 16.7. The number of rotatable bonds is 47. The van der Waals surface area contributed by atoms with E-state index in [1.165, 1.54) is 89.9 Å². The van der Waals surface area contributed by atoms with Gasteiger partial charge in [0.15, 0.2) is 6.10 Å². The highest BCUT2D eigenvalue weighted by atomic mass is 16.6. The lowest BCUT2D eigenvalue weighted by Gasteiger charge is -2.18. The van der Waals surface area contributed by atoms with E-state index in [0.717, 1.165) is 83.5 Å². The third kappa shape index (κ3) is 52.6. The van der Waals surface area contributed by atoms with Gasteiger partial charge in [0.05, 0.1) is 0 Å².